The highest BCUT2D eigenvalue weighted by Crippen LogP contribution is 2.28. The number of unbranched alkanes of at least 4 members (excludes halogenated alkanes) is 4. The van der Waals surface area contributed by atoms with Gasteiger partial charge in [0.15, 0.2) is 0 Å². The van der Waals surface area contributed by atoms with Crippen LogP contribution in [0.15, 0.2) is 48.5 Å². The molecule has 0 radical (unpaired) electrons. The predicted octanol–water partition coefficient (Wildman–Crippen LogP) is 8.19. The topological polar surface area (TPSA) is 24.9 Å². The van der Waals surface area contributed by atoms with Gasteiger partial charge in [-0.2, -0.15) is 0 Å². The molecule has 0 aliphatic rings. The van der Waals surface area contributed by atoms with E-state index in [1.165, 1.54) is 99.8 Å². The zero-order valence-corrected chi connectivity index (χ0v) is 25.1. The summed E-state index contributed by atoms with van der Waals surface area (Å²) in [7, 11) is 0. The van der Waals surface area contributed by atoms with Gasteiger partial charge in [0.25, 0.3) is 0 Å². The van der Waals surface area contributed by atoms with Gasteiger partial charge >= 0.3 is 0 Å². The van der Waals surface area contributed by atoms with Crippen LogP contribution >= 0.6 is 0 Å². The lowest BCUT2D eigenvalue weighted by atomic mass is 9.96. The van der Waals surface area contributed by atoms with E-state index >= 15 is 0 Å². The number of hydrogen-bond donors (Lipinski definition) is 0. The van der Waals surface area contributed by atoms with E-state index in [2.05, 4.69) is 86.0 Å². The van der Waals surface area contributed by atoms with Gasteiger partial charge in [-0.05, 0) is 74.1 Å². The molecule has 0 bridgehead atoms. The normalized spacial score (nSPS) is 11.6. The van der Waals surface area contributed by atoms with Gasteiger partial charge in [-0.1, -0.05) is 102 Å². The molecule has 0 N–H and O–H groups in total. The molecule has 0 heterocycles. The molecular formula is C34H56N2O2. The van der Waals surface area contributed by atoms with Crippen LogP contribution in [0.5, 0.6) is 0 Å². The molecule has 2 rings (SSSR count). The minimum atomic E-state index is 0.643. The molecule has 0 aromatic heterocycles. The van der Waals surface area contributed by atoms with Crippen molar-refractivity contribution in [3.63, 3.8) is 0 Å². The standard InChI is InChI=1S/C34H56N2O2/c1-5-9-21-35(22-10-6-2)25-27-37-29-31-17-13-15-19-33(31)34-20-16-14-18-32(34)30-38-28-26-36(23-11-7-3)24-12-8-4/h13-20H,5-12,21-30H2,1-4H3. The minimum absolute atomic E-state index is 0.643. The molecule has 2 aromatic carbocycles. The van der Waals surface area contributed by atoms with E-state index in [1.807, 2.05) is 0 Å². The van der Waals surface area contributed by atoms with E-state index in [0.717, 1.165) is 26.3 Å². The Kier molecular flexibility index (Phi) is 18.1. The van der Waals surface area contributed by atoms with E-state index in [4.69, 9.17) is 9.47 Å². The van der Waals surface area contributed by atoms with Crippen molar-refractivity contribution in [2.24, 2.45) is 0 Å². The van der Waals surface area contributed by atoms with Gasteiger partial charge in [0.2, 0.25) is 0 Å². The summed E-state index contributed by atoms with van der Waals surface area (Å²) in [6.45, 7) is 18.7. The molecule has 0 saturated heterocycles. The molecule has 0 unspecified atom stereocenters. The molecule has 214 valence electrons. The van der Waals surface area contributed by atoms with Gasteiger partial charge in [0.1, 0.15) is 0 Å². The Morgan fingerprint density at radius 3 is 1.16 bits per heavy atom. The first-order valence-electron chi connectivity index (χ1n) is 15.5. The van der Waals surface area contributed by atoms with Crippen molar-refractivity contribution < 1.29 is 9.47 Å². The van der Waals surface area contributed by atoms with Crippen molar-refractivity contribution in [1.29, 1.82) is 0 Å². The quantitative estimate of drug-likeness (QED) is 0.137. The van der Waals surface area contributed by atoms with E-state index in [-0.39, 0.29) is 0 Å². The number of hydrogen-bond acceptors (Lipinski definition) is 4. The third-order valence-corrected chi connectivity index (χ3v) is 7.26. The van der Waals surface area contributed by atoms with Crippen molar-refractivity contribution in [3.05, 3.63) is 59.7 Å². The highest BCUT2D eigenvalue weighted by Gasteiger charge is 2.11. The summed E-state index contributed by atoms with van der Waals surface area (Å²) < 4.78 is 12.4. The second kappa shape index (κ2) is 21.1. The van der Waals surface area contributed by atoms with Gasteiger partial charge in [-0.3, -0.25) is 0 Å². The first kappa shape index (κ1) is 32.5. The monoisotopic (exact) mass is 524 g/mol. The Balaban J connectivity index is 1.93. The third kappa shape index (κ3) is 12.9. The van der Waals surface area contributed by atoms with E-state index in [1.54, 1.807) is 0 Å². The van der Waals surface area contributed by atoms with Crippen LogP contribution in [0, 0.1) is 0 Å². The summed E-state index contributed by atoms with van der Waals surface area (Å²) in [5.41, 5.74) is 5.01. The van der Waals surface area contributed by atoms with Crippen molar-refractivity contribution in [1.82, 2.24) is 9.80 Å². The fourth-order valence-corrected chi connectivity index (χ4v) is 4.77. The summed E-state index contributed by atoms with van der Waals surface area (Å²) in [5.74, 6) is 0. The first-order chi connectivity index (χ1) is 18.7. The maximum Gasteiger partial charge on any atom is 0.0723 e. The average molecular weight is 525 g/mol. The third-order valence-electron chi connectivity index (χ3n) is 7.26. The van der Waals surface area contributed by atoms with Crippen molar-refractivity contribution >= 4 is 0 Å². The smallest absolute Gasteiger partial charge is 0.0723 e. The van der Waals surface area contributed by atoms with Crippen LogP contribution in [0.4, 0.5) is 0 Å². The lowest BCUT2D eigenvalue weighted by Gasteiger charge is -2.22. The number of nitrogens with zero attached hydrogens (tertiary/aromatic N) is 2. The molecule has 0 aliphatic carbocycles. The van der Waals surface area contributed by atoms with Crippen LogP contribution in [0.3, 0.4) is 0 Å². The molecule has 0 spiro atoms. The first-order valence-corrected chi connectivity index (χ1v) is 15.5. The van der Waals surface area contributed by atoms with Crippen LogP contribution in [0.1, 0.15) is 90.2 Å². The van der Waals surface area contributed by atoms with Gasteiger partial charge < -0.3 is 19.3 Å². The number of benzene rings is 2. The summed E-state index contributed by atoms with van der Waals surface area (Å²) >= 11 is 0. The van der Waals surface area contributed by atoms with E-state index in [9.17, 15) is 0 Å². The lowest BCUT2D eigenvalue weighted by molar-refractivity contribution is 0.0910. The zero-order valence-electron chi connectivity index (χ0n) is 25.1. The van der Waals surface area contributed by atoms with Gasteiger partial charge in [0.05, 0.1) is 26.4 Å². The molecule has 0 atom stereocenters. The molecule has 38 heavy (non-hydrogen) atoms. The highest BCUT2D eigenvalue weighted by molar-refractivity contribution is 5.70. The minimum Gasteiger partial charge on any atom is -0.375 e. The van der Waals surface area contributed by atoms with Crippen LogP contribution < -0.4 is 0 Å². The fourth-order valence-electron chi connectivity index (χ4n) is 4.77. The van der Waals surface area contributed by atoms with Crippen LogP contribution in [0.2, 0.25) is 0 Å². The number of rotatable bonds is 23. The molecule has 0 aliphatic heterocycles. The molecule has 4 nitrogen and oxygen atoms in total. The Labute approximate surface area is 234 Å². The summed E-state index contributed by atoms with van der Waals surface area (Å²) in [6, 6.07) is 17.4. The Hall–Kier alpha value is -1.72. The predicted molar refractivity (Wildman–Crippen MR) is 164 cm³/mol. The molecular weight excluding hydrogens is 468 g/mol. The van der Waals surface area contributed by atoms with Gasteiger partial charge in [-0.25, -0.2) is 0 Å². The summed E-state index contributed by atoms with van der Waals surface area (Å²) in [6.07, 6.45) is 10.0. The molecule has 0 saturated carbocycles. The van der Waals surface area contributed by atoms with E-state index in [0.29, 0.717) is 13.2 Å². The SMILES string of the molecule is CCCCN(CCCC)CCOCc1ccccc1-c1ccccc1COCCN(CCCC)CCCC. The second-order valence-corrected chi connectivity index (χ2v) is 10.5. The van der Waals surface area contributed by atoms with Crippen LogP contribution in [-0.2, 0) is 22.7 Å². The van der Waals surface area contributed by atoms with E-state index < -0.39 is 0 Å². The molecule has 4 heteroatoms. The second-order valence-electron chi connectivity index (χ2n) is 10.5. The highest BCUT2D eigenvalue weighted by atomic mass is 16.5. The summed E-state index contributed by atoms with van der Waals surface area (Å²) in [5, 5.41) is 0. The average Bonchev–Trinajstić information content (AvgIpc) is 2.95. The van der Waals surface area contributed by atoms with Crippen molar-refractivity contribution in [2.75, 3.05) is 52.5 Å². The van der Waals surface area contributed by atoms with Crippen molar-refractivity contribution in [3.8, 4) is 11.1 Å². The maximum atomic E-state index is 6.22. The molecule has 0 amide bonds. The Morgan fingerprint density at radius 2 is 0.816 bits per heavy atom. The lowest BCUT2D eigenvalue weighted by Crippen LogP contribution is -2.29. The summed E-state index contributed by atoms with van der Waals surface area (Å²) in [4.78, 5) is 5.13. The fraction of sp³-hybridized carbons (Fsp3) is 0.647. The molecule has 0 fully saturated rings. The van der Waals surface area contributed by atoms with Gasteiger partial charge in [-0.15, -0.1) is 0 Å². The van der Waals surface area contributed by atoms with Gasteiger partial charge in [0, 0.05) is 13.1 Å². The Bertz CT molecular complexity index is 755. The molecule has 2 aromatic rings. The van der Waals surface area contributed by atoms with Crippen molar-refractivity contribution in [2.45, 2.75) is 92.3 Å². The maximum absolute atomic E-state index is 6.22. The largest absolute Gasteiger partial charge is 0.375 e. The Morgan fingerprint density at radius 1 is 0.474 bits per heavy atom. The van der Waals surface area contributed by atoms with Crippen LogP contribution in [-0.4, -0.2) is 62.3 Å². The zero-order chi connectivity index (χ0) is 27.3. The van der Waals surface area contributed by atoms with Crippen LogP contribution in [0.25, 0.3) is 11.1 Å². The number of ether oxygens (including phenoxy) is 2.